The second kappa shape index (κ2) is 3.82. The van der Waals surface area contributed by atoms with Crippen LogP contribution in [0, 0.1) is 12.3 Å². The first kappa shape index (κ1) is 10.1. The topological polar surface area (TPSA) is 107 Å². The molecule has 0 aliphatic heterocycles. The molecule has 1 aromatic heterocycles. The van der Waals surface area contributed by atoms with E-state index in [1.165, 1.54) is 0 Å². The van der Waals surface area contributed by atoms with Crippen LogP contribution in [-0.2, 0) is 0 Å². The summed E-state index contributed by atoms with van der Waals surface area (Å²) in [6.07, 6.45) is 1.80. The molecule has 1 aromatic rings. The van der Waals surface area contributed by atoms with Gasteiger partial charge in [-0.1, -0.05) is 0 Å². The van der Waals surface area contributed by atoms with Crippen LogP contribution in [0.3, 0.4) is 0 Å². The zero-order chi connectivity index (χ0) is 10.7. The fourth-order valence-corrected chi connectivity index (χ4v) is 1.12. The van der Waals surface area contributed by atoms with Crippen molar-refractivity contribution in [2.24, 2.45) is 16.5 Å². The van der Waals surface area contributed by atoms with E-state index in [1.807, 2.05) is 13.0 Å². The number of H-pyrrole nitrogens is 1. The lowest BCUT2D eigenvalue weighted by atomic mass is 10.4. The Balaban J connectivity index is 2.86. The Morgan fingerprint density at radius 2 is 2.21 bits per heavy atom. The molecule has 0 radical (unpaired) electrons. The lowest BCUT2D eigenvalue weighted by Gasteiger charge is -2.16. The van der Waals surface area contributed by atoms with E-state index >= 15 is 0 Å². The Morgan fingerprint density at radius 1 is 1.57 bits per heavy atom. The number of aromatic amines is 1. The van der Waals surface area contributed by atoms with Gasteiger partial charge in [0.25, 0.3) is 0 Å². The summed E-state index contributed by atoms with van der Waals surface area (Å²) in [5.74, 6) is -0.109. The Hall–Kier alpha value is -1.98. The van der Waals surface area contributed by atoms with Crippen molar-refractivity contribution in [3.8, 4) is 0 Å². The number of guanidine groups is 2. The third-order valence-electron chi connectivity index (χ3n) is 1.84. The lowest BCUT2D eigenvalue weighted by Crippen LogP contribution is -2.30. The Labute approximate surface area is 82.1 Å². The van der Waals surface area contributed by atoms with Gasteiger partial charge in [-0.05, 0) is 13.0 Å². The summed E-state index contributed by atoms with van der Waals surface area (Å²) in [5.41, 5.74) is 12.2. The molecule has 14 heavy (non-hydrogen) atoms. The van der Waals surface area contributed by atoms with E-state index in [4.69, 9.17) is 16.9 Å². The largest absolute Gasteiger partial charge is 0.370 e. The predicted octanol–water partition coefficient (Wildman–Crippen LogP) is -0.0325. The number of aliphatic imine (C=N–C) groups is 1. The number of anilines is 1. The zero-order valence-electron chi connectivity index (χ0n) is 8.20. The van der Waals surface area contributed by atoms with Crippen LogP contribution in [0.4, 0.5) is 5.69 Å². The van der Waals surface area contributed by atoms with Crippen LogP contribution >= 0.6 is 0 Å². The van der Waals surface area contributed by atoms with Crippen molar-refractivity contribution < 1.29 is 0 Å². The van der Waals surface area contributed by atoms with Gasteiger partial charge in [-0.2, -0.15) is 4.99 Å². The van der Waals surface area contributed by atoms with Gasteiger partial charge >= 0.3 is 0 Å². The minimum atomic E-state index is -0.116. The van der Waals surface area contributed by atoms with E-state index in [-0.39, 0.29) is 11.9 Å². The smallest absolute Gasteiger partial charge is 0.225 e. The Morgan fingerprint density at radius 3 is 2.64 bits per heavy atom. The number of nitrogens with one attached hydrogen (secondary N) is 2. The van der Waals surface area contributed by atoms with Crippen LogP contribution in [0.5, 0.6) is 0 Å². The van der Waals surface area contributed by atoms with Crippen LogP contribution in [0.1, 0.15) is 5.69 Å². The summed E-state index contributed by atoms with van der Waals surface area (Å²) in [5, 5.41) is 7.56. The molecule has 0 amide bonds. The lowest BCUT2D eigenvalue weighted by molar-refractivity contribution is 1.16. The van der Waals surface area contributed by atoms with Gasteiger partial charge in [-0.3, -0.25) is 5.41 Å². The van der Waals surface area contributed by atoms with E-state index in [9.17, 15) is 0 Å². The van der Waals surface area contributed by atoms with E-state index < -0.39 is 0 Å². The first-order chi connectivity index (χ1) is 6.52. The highest BCUT2D eigenvalue weighted by Gasteiger charge is 2.09. The quantitative estimate of drug-likeness (QED) is 0.372. The van der Waals surface area contributed by atoms with E-state index in [2.05, 4.69) is 9.98 Å². The number of hydrogen-bond donors (Lipinski definition) is 4. The van der Waals surface area contributed by atoms with Gasteiger partial charge in [0.1, 0.15) is 0 Å². The van der Waals surface area contributed by atoms with Gasteiger partial charge in [-0.25, -0.2) is 0 Å². The highest BCUT2D eigenvalue weighted by Crippen LogP contribution is 2.16. The number of aromatic nitrogens is 1. The number of aryl methyl sites for hydroxylation is 1. The molecular formula is C8H14N6. The molecule has 0 aliphatic rings. The van der Waals surface area contributed by atoms with Crippen molar-refractivity contribution in [3.63, 3.8) is 0 Å². The van der Waals surface area contributed by atoms with Crippen LogP contribution in [0.25, 0.3) is 0 Å². The zero-order valence-corrected chi connectivity index (χ0v) is 8.20. The summed E-state index contributed by atoms with van der Waals surface area (Å²) < 4.78 is 0. The minimum absolute atomic E-state index is 0.00713. The van der Waals surface area contributed by atoms with Crippen LogP contribution in [0.2, 0.25) is 0 Å². The third kappa shape index (κ3) is 2.03. The summed E-state index contributed by atoms with van der Waals surface area (Å²) in [6.45, 7) is 1.91. The Kier molecular flexibility index (Phi) is 2.76. The molecule has 0 aliphatic carbocycles. The highest BCUT2D eigenvalue weighted by atomic mass is 15.3. The number of nitrogens with two attached hydrogens (primary N) is 2. The first-order valence-electron chi connectivity index (χ1n) is 4.08. The Bertz CT molecular complexity index is 360. The molecule has 0 unspecified atom stereocenters. The molecule has 76 valence electrons. The molecule has 6 nitrogen and oxygen atoms in total. The van der Waals surface area contributed by atoms with E-state index in [0.29, 0.717) is 0 Å². The van der Waals surface area contributed by atoms with Crippen molar-refractivity contribution in [1.29, 1.82) is 5.41 Å². The summed E-state index contributed by atoms with van der Waals surface area (Å²) >= 11 is 0. The maximum Gasteiger partial charge on any atom is 0.225 e. The van der Waals surface area contributed by atoms with Crippen LogP contribution in [0.15, 0.2) is 17.3 Å². The SMILES string of the molecule is Cc1[nH]ccc1N(C)C(=N)N=C(N)N. The van der Waals surface area contributed by atoms with Crippen molar-refractivity contribution in [1.82, 2.24) is 4.98 Å². The van der Waals surface area contributed by atoms with Crippen molar-refractivity contribution >= 4 is 17.6 Å². The maximum atomic E-state index is 7.56. The average molecular weight is 194 g/mol. The fraction of sp³-hybridized carbons (Fsp3) is 0.250. The number of nitrogens with zero attached hydrogens (tertiary/aromatic N) is 2. The summed E-state index contributed by atoms with van der Waals surface area (Å²) in [4.78, 5) is 8.24. The molecule has 0 aromatic carbocycles. The van der Waals surface area contributed by atoms with E-state index in [1.54, 1.807) is 18.1 Å². The molecule has 0 saturated carbocycles. The normalized spacial score (nSPS) is 9.57. The maximum absolute atomic E-state index is 7.56. The van der Waals surface area contributed by atoms with Gasteiger partial charge < -0.3 is 21.4 Å². The highest BCUT2D eigenvalue weighted by molar-refractivity contribution is 6.01. The summed E-state index contributed by atoms with van der Waals surface area (Å²) in [6, 6.07) is 1.85. The number of rotatable bonds is 1. The predicted molar refractivity (Wildman–Crippen MR) is 57.5 cm³/mol. The third-order valence-corrected chi connectivity index (χ3v) is 1.84. The summed E-state index contributed by atoms with van der Waals surface area (Å²) in [7, 11) is 1.73. The average Bonchev–Trinajstić information content (AvgIpc) is 2.48. The molecule has 0 fully saturated rings. The van der Waals surface area contributed by atoms with Gasteiger partial charge in [0.05, 0.1) is 5.69 Å². The molecule has 1 rings (SSSR count). The molecule has 6 N–H and O–H groups in total. The number of hydrogen-bond acceptors (Lipinski definition) is 1. The molecule has 0 atom stereocenters. The van der Waals surface area contributed by atoms with E-state index in [0.717, 1.165) is 11.4 Å². The van der Waals surface area contributed by atoms with Crippen molar-refractivity contribution in [2.45, 2.75) is 6.92 Å². The first-order valence-corrected chi connectivity index (χ1v) is 4.08. The van der Waals surface area contributed by atoms with Gasteiger partial charge in [0.2, 0.25) is 5.96 Å². The van der Waals surface area contributed by atoms with Crippen LogP contribution < -0.4 is 16.4 Å². The molecule has 1 heterocycles. The van der Waals surface area contributed by atoms with Gasteiger partial charge in [0, 0.05) is 18.9 Å². The van der Waals surface area contributed by atoms with Crippen molar-refractivity contribution in [2.75, 3.05) is 11.9 Å². The second-order valence-corrected chi connectivity index (χ2v) is 2.91. The second-order valence-electron chi connectivity index (χ2n) is 2.91. The molecule has 0 spiro atoms. The standard InChI is InChI=1S/C8H14N6/c1-5-6(3-4-12-5)14(2)8(11)13-7(9)10/h3-4,12H,1-2H3,(H5,9,10,11,13). The van der Waals surface area contributed by atoms with Crippen LogP contribution in [-0.4, -0.2) is 24.0 Å². The molecule has 0 saturated heterocycles. The van der Waals surface area contributed by atoms with Crippen molar-refractivity contribution in [3.05, 3.63) is 18.0 Å². The van der Waals surface area contributed by atoms with Gasteiger partial charge in [-0.15, -0.1) is 0 Å². The molecular weight excluding hydrogens is 180 g/mol. The van der Waals surface area contributed by atoms with Gasteiger partial charge in [0.15, 0.2) is 5.96 Å². The minimum Gasteiger partial charge on any atom is -0.370 e. The monoisotopic (exact) mass is 194 g/mol. The molecule has 0 bridgehead atoms. The fourth-order valence-electron chi connectivity index (χ4n) is 1.12. The molecule has 6 heteroatoms.